The van der Waals surface area contributed by atoms with Gasteiger partial charge in [-0.2, -0.15) is 0 Å². The molecule has 0 bridgehead atoms. The van der Waals surface area contributed by atoms with E-state index in [9.17, 15) is 9.59 Å². The van der Waals surface area contributed by atoms with Gasteiger partial charge in [-0.15, -0.1) is 0 Å². The molecular formula is C13H22O3. The van der Waals surface area contributed by atoms with Gasteiger partial charge in [0.25, 0.3) is 0 Å². The van der Waals surface area contributed by atoms with Gasteiger partial charge >= 0.3 is 5.97 Å². The molecule has 2 unspecified atom stereocenters. The van der Waals surface area contributed by atoms with Crippen molar-refractivity contribution in [3.8, 4) is 0 Å². The van der Waals surface area contributed by atoms with Gasteiger partial charge in [0.05, 0.1) is 6.61 Å². The van der Waals surface area contributed by atoms with E-state index < -0.39 is 0 Å². The van der Waals surface area contributed by atoms with Crippen molar-refractivity contribution in [3.05, 3.63) is 12.2 Å². The van der Waals surface area contributed by atoms with Crippen LogP contribution < -0.4 is 0 Å². The lowest BCUT2D eigenvalue weighted by atomic mass is 9.87. The van der Waals surface area contributed by atoms with Gasteiger partial charge in [-0.05, 0) is 32.6 Å². The fourth-order valence-corrected chi connectivity index (χ4v) is 1.64. The monoisotopic (exact) mass is 226 g/mol. The van der Waals surface area contributed by atoms with E-state index in [-0.39, 0.29) is 17.7 Å². The summed E-state index contributed by atoms with van der Waals surface area (Å²) in [5, 5.41) is 0. The summed E-state index contributed by atoms with van der Waals surface area (Å²) >= 11 is 0. The van der Waals surface area contributed by atoms with Gasteiger partial charge < -0.3 is 4.74 Å². The molecule has 0 amide bonds. The molecule has 0 heterocycles. The van der Waals surface area contributed by atoms with Crippen LogP contribution >= 0.6 is 0 Å². The highest BCUT2D eigenvalue weighted by Crippen LogP contribution is 2.21. The van der Waals surface area contributed by atoms with E-state index in [1.54, 1.807) is 6.92 Å². The minimum absolute atomic E-state index is 0.0627. The second-order valence-electron chi connectivity index (χ2n) is 4.48. The van der Waals surface area contributed by atoms with E-state index in [2.05, 4.69) is 13.5 Å². The Labute approximate surface area is 97.9 Å². The Bertz CT molecular complexity index is 254. The second-order valence-corrected chi connectivity index (χ2v) is 4.48. The molecule has 0 aliphatic carbocycles. The first-order valence-electron chi connectivity index (χ1n) is 5.63. The van der Waals surface area contributed by atoms with Crippen LogP contribution in [0.15, 0.2) is 12.2 Å². The Balaban J connectivity index is 4.00. The van der Waals surface area contributed by atoms with E-state index in [1.807, 2.05) is 6.92 Å². The zero-order valence-electron chi connectivity index (χ0n) is 10.7. The van der Waals surface area contributed by atoms with Crippen LogP contribution in [0.3, 0.4) is 0 Å². The Kier molecular flexibility index (Phi) is 6.70. The third-order valence-corrected chi connectivity index (χ3v) is 2.64. The highest BCUT2D eigenvalue weighted by Gasteiger charge is 2.18. The molecule has 0 saturated carbocycles. The zero-order valence-corrected chi connectivity index (χ0v) is 10.7. The fraction of sp³-hybridized carbons (Fsp3) is 0.692. The number of hydrogen-bond donors (Lipinski definition) is 0. The van der Waals surface area contributed by atoms with Gasteiger partial charge in [-0.1, -0.05) is 19.1 Å². The third kappa shape index (κ3) is 6.38. The maximum atomic E-state index is 11.4. The van der Waals surface area contributed by atoms with Crippen molar-refractivity contribution in [1.29, 1.82) is 0 Å². The van der Waals surface area contributed by atoms with Crippen LogP contribution in [0, 0.1) is 11.8 Å². The maximum Gasteiger partial charge on any atom is 0.302 e. The molecule has 0 radical (unpaired) electrons. The van der Waals surface area contributed by atoms with Crippen LogP contribution in [0.2, 0.25) is 0 Å². The summed E-state index contributed by atoms with van der Waals surface area (Å²) in [7, 11) is 0. The average molecular weight is 226 g/mol. The van der Waals surface area contributed by atoms with Gasteiger partial charge in [0.2, 0.25) is 0 Å². The molecule has 2 atom stereocenters. The van der Waals surface area contributed by atoms with Crippen molar-refractivity contribution < 1.29 is 14.3 Å². The number of Topliss-reactive ketones (excluding diaryl/α,β-unsaturated/α-hetero) is 1. The molecule has 0 rings (SSSR count). The van der Waals surface area contributed by atoms with Crippen molar-refractivity contribution in [1.82, 2.24) is 0 Å². The van der Waals surface area contributed by atoms with Gasteiger partial charge in [-0.3, -0.25) is 9.59 Å². The number of esters is 1. The van der Waals surface area contributed by atoms with E-state index >= 15 is 0 Å². The van der Waals surface area contributed by atoms with Crippen molar-refractivity contribution in [2.45, 2.75) is 40.5 Å². The summed E-state index contributed by atoms with van der Waals surface area (Å²) < 4.78 is 4.87. The van der Waals surface area contributed by atoms with E-state index in [0.29, 0.717) is 12.5 Å². The Hall–Kier alpha value is -1.12. The van der Waals surface area contributed by atoms with Crippen molar-refractivity contribution in [2.75, 3.05) is 6.61 Å². The molecule has 0 aromatic rings. The van der Waals surface area contributed by atoms with Crippen LogP contribution in [0.5, 0.6) is 0 Å². The van der Waals surface area contributed by atoms with Crippen LogP contribution in [-0.2, 0) is 14.3 Å². The lowest BCUT2D eigenvalue weighted by Gasteiger charge is -2.18. The largest absolute Gasteiger partial charge is 0.466 e. The number of ketones is 1. The zero-order chi connectivity index (χ0) is 12.7. The minimum Gasteiger partial charge on any atom is -0.466 e. The number of carbonyl (C=O) groups excluding carboxylic acids is 2. The molecule has 0 spiro atoms. The van der Waals surface area contributed by atoms with Gasteiger partial charge in [0.15, 0.2) is 0 Å². The second kappa shape index (κ2) is 7.20. The molecule has 0 N–H and O–H groups in total. The summed E-state index contributed by atoms with van der Waals surface area (Å²) in [5.41, 5.74) is 0.909. The Morgan fingerprint density at radius 3 is 2.19 bits per heavy atom. The minimum atomic E-state index is -0.254. The number of carbonyl (C=O) groups is 2. The molecule has 0 aromatic carbocycles. The van der Waals surface area contributed by atoms with E-state index in [1.165, 1.54) is 6.92 Å². The van der Waals surface area contributed by atoms with Crippen molar-refractivity contribution >= 4 is 11.8 Å². The number of ether oxygens (including phenoxy) is 1. The number of hydrogen-bond acceptors (Lipinski definition) is 3. The van der Waals surface area contributed by atoms with Crippen molar-refractivity contribution in [3.63, 3.8) is 0 Å². The SMILES string of the molecule is C=C(C)C(CC(C)CCOC(C)=O)C(C)=O. The molecule has 16 heavy (non-hydrogen) atoms. The first-order chi connectivity index (χ1) is 7.34. The molecule has 0 saturated heterocycles. The fourth-order valence-electron chi connectivity index (χ4n) is 1.64. The van der Waals surface area contributed by atoms with E-state index in [4.69, 9.17) is 4.74 Å². The van der Waals surface area contributed by atoms with Crippen LogP contribution in [-0.4, -0.2) is 18.4 Å². The van der Waals surface area contributed by atoms with Crippen LogP contribution in [0.1, 0.15) is 40.5 Å². The third-order valence-electron chi connectivity index (χ3n) is 2.64. The first kappa shape index (κ1) is 14.9. The first-order valence-corrected chi connectivity index (χ1v) is 5.63. The normalized spacial score (nSPS) is 14.0. The van der Waals surface area contributed by atoms with Gasteiger partial charge in [-0.25, -0.2) is 0 Å². The van der Waals surface area contributed by atoms with Gasteiger partial charge in [0, 0.05) is 12.8 Å². The smallest absolute Gasteiger partial charge is 0.302 e. The average Bonchev–Trinajstić information content (AvgIpc) is 2.12. The predicted molar refractivity (Wildman–Crippen MR) is 64.0 cm³/mol. The Morgan fingerprint density at radius 1 is 1.25 bits per heavy atom. The van der Waals surface area contributed by atoms with Crippen molar-refractivity contribution in [2.24, 2.45) is 11.8 Å². The summed E-state index contributed by atoms with van der Waals surface area (Å²) in [6.07, 6.45) is 1.57. The van der Waals surface area contributed by atoms with Crippen LogP contribution in [0.25, 0.3) is 0 Å². The molecule has 0 aromatic heterocycles. The number of allylic oxidation sites excluding steroid dienone is 1. The van der Waals surface area contributed by atoms with Crippen LogP contribution in [0.4, 0.5) is 0 Å². The lowest BCUT2D eigenvalue weighted by Crippen LogP contribution is -2.16. The summed E-state index contributed by atoms with van der Waals surface area (Å²) in [4.78, 5) is 21.9. The molecule has 0 aliphatic heterocycles. The predicted octanol–water partition coefficient (Wildman–Crippen LogP) is 2.75. The Morgan fingerprint density at radius 2 is 1.81 bits per heavy atom. The van der Waals surface area contributed by atoms with E-state index in [0.717, 1.165) is 18.4 Å². The molecule has 92 valence electrons. The topological polar surface area (TPSA) is 43.4 Å². The number of rotatable bonds is 7. The summed E-state index contributed by atoms with van der Waals surface area (Å²) in [6, 6.07) is 0. The molecule has 3 nitrogen and oxygen atoms in total. The molecule has 3 heteroatoms. The summed E-state index contributed by atoms with van der Waals surface area (Å²) in [6.45, 7) is 11.2. The lowest BCUT2D eigenvalue weighted by molar-refractivity contribution is -0.141. The highest BCUT2D eigenvalue weighted by atomic mass is 16.5. The quantitative estimate of drug-likeness (QED) is 0.495. The molecule has 0 fully saturated rings. The molecule has 0 aliphatic rings. The molecular weight excluding hydrogens is 204 g/mol. The maximum absolute atomic E-state index is 11.4. The standard InChI is InChI=1S/C13H22O3/c1-9(2)13(11(4)14)8-10(3)6-7-16-12(5)15/h10,13H,1,6-8H2,2-5H3. The highest BCUT2D eigenvalue weighted by molar-refractivity contribution is 5.80. The summed E-state index contributed by atoms with van der Waals surface area (Å²) in [5.74, 6) is 0.194. The van der Waals surface area contributed by atoms with Gasteiger partial charge in [0.1, 0.15) is 5.78 Å².